The molecule has 0 aliphatic heterocycles. The smallest absolute Gasteiger partial charge is 0.227 e. The highest BCUT2D eigenvalue weighted by atomic mass is 79.9. The fourth-order valence-electron chi connectivity index (χ4n) is 2.91. The van der Waals surface area contributed by atoms with Crippen LogP contribution in [-0.2, 0) is 0 Å². The van der Waals surface area contributed by atoms with Gasteiger partial charge in [0.25, 0.3) is 0 Å². The monoisotopic (exact) mass is 514 g/mol. The van der Waals surface area contributed by atoms with Crippen LogP contribution in [0.25, 0.3) is 22.6 Å². The van der Waals surface area contributed by atoms with Crippen LogP contribution in [0.1, 0.15) is 11.1 Å². The highest BCUT2D eigenvalue weighted by Gasteiger charge is 2.12. The number of ether oxygens (including phenoxy) is 1. The Balaban J connectivity index is 1.75. The Morgan fingerprint density at radius 3 is 2.72 bits per heavy atom. The van der Waals surface area contributed by atoms with Crippen molar-refractivity contribution < 1.29 is 14.3 Å². The number of nitrogens with zero attached hydrogens (tertiary/aromatic N) is 2. The van der Waals surface area contributed by atoms with Gasteiger partial charge < -0.3 is 14.3 Å². The summed E-state index contributed by atoms with van der Waals surface area (Å²) in [4.78, 5) is 9.11. The Morgan fingerprint density at radius 1 is 1.10 bits per heavy atom. The Labute approximate surface area is 184 Å². The van der Waals surface area contributed by atoms with E-state index in [9.17, 15) is 5.11 Å². The van der Waals surface area contributed by atoms with Crippen molar-refractivity contribution in [3.63, 3.8) is 0 Å². The van der Waals surface area contributed by atoms with E-state index in [1.54, 1.807) is 25.5 Å². The quantitative estimate of drug-likeness (QED) is 0.304. The summed E-state index contributed by atoms with van der Waals surface area (Å²) in [5, 5.41) is 10.2. The molecule has 0 atom stereocenters. The average molecular weight is 516 g/mol. The molecule has 0 unspecified atom stereocenters. The van der Waals surface area contributed by atoms with E-state index in [4.69, 9.17) is 9.15 Å². The predicted octanol–water partition coefficient (Wildman–Crippen LogP) is 6.79. The Morgan fingerprint density at radius 2 is 1.93 bits per heavy atom. The van der Waals surface area contributed by atoms with E-state index in [2.05, 4.69) is 41.8 Å². The number of aromatic nitrogens is 1. The molecule has 0 fully saturated rings. The lowest BCUT2D eigenvalue weighted by atomic mass is 10.1. The summed E-state index contributed by atoms with van der Waals surface area (Å²) in [5.41, 5.74) is 4.61. The minimum Gasteiger partial charge on any atom is -0.506 e. The van der Waals surface area contributed by atoms with Crippen LogP contribution in [0.3, 0.4) is 0 Å². The number of aryl methyl sites for hydroxylation is 1. The van der Waals surface area contributed by atoms with Crippen LogP contribution in [0, 0.1) is 6.92 Å². The molecule has 0 radical (unpaired) electrons. The van der Waals surface area contributed by atoms with Crippen LogP contribution in [0.2, 0.25) is 0 Å². The van der Waals surface area contributed by atoms with Crippen molar-refractivity contribution in [2.45, 2.75) is 6.92 Å². The zero-order valence-corrected chi connectivity index (χ0v) is 18.8. The van der Waals surface area contributed by atoms with Gasteiger partial charge in [0, 0.05) is 21.8 Å². The number of aliphatic imine (C=N–C) groups is 1. The van der Waals surface area contributed by atoms with Crippen LogP contribution in [0.4, 0.5) is 5.69 Å². The Kier molecular flexibility index (Phi) is 5.43. The molecule has 3 aromatic carbocycles. The molecule has 0 aliphatic carbocycles. The minimum atomic E-state index is 0.112. The molecule has 5 nitrogen and oxygen atoms in total. The summed E-state index contributed by atoms with van der Waals surface area (Å²) < 4.78 is 12.7. The zero-order valence-electron chi connectivity index (χ0n) is 15.6. The molecule has 0 aliphatic rings. The van der Waals surface area contributed by atoms with Crippen molar-refractivity contribution in [1.29, 1.82) is 0 Å². The van der Waals surface area contributed by atoms with Crippen LogP contribution in [0.5, 0.6) is 11.5 Å². The number of methoxy groups -OCH3 is 1. The normalized spacial score (nSPS) is 11.4. The number of phenols is 1. The highest BCUT2D eigenvalue weighted by Crippen LogP contribution is 2.35. The number of hydrogen-bond acceptors (Lipinski definition) is 5. The highest BCUT2D eigenvalue weighted by molar-refractivity contribution is 9.11. The molecular weight excluding hydrogens is 500 g/mol. The maximum absolute atomic E-state index is 10.2. The fraction of sp³-hybridized carbons (Fsp3) is 0.0909. The molecule has 7 heteroatoms. The molecule has 146 valence electrons. The maximum Gasteiger partial charge on any atom is 0.227 e. The van der Waals surface area contributed by atoms with Crippen LogP contribution in [0.15, 0.2) is 66.9 Å². The molecule has 0 saturated heterocycles. The number of halogens is 2. The molecule has 1 heterocycles. The number of fused-ring (bicyclic) bond motifs is 1. The Bertz CT molecular complexity index is 1250. The summed E-state index contributed by atoms with van der Waals surface area (Å²) in [6.07, 6.45) is 1.59. The molecule has 0 amide bonds. The first-order chi connectivity index (χ1) is 13.9. The van der Waals surface area contributed by atoms with Gasteiger partial charge in [0.2, 0.25) is 5.89 Å². The molecule has 0 bridgehead atoms. The van der Waals surface area contributed by atoms with Crippen LogP contribution >= 0.6 is 31.9 Å². The standard InChI is InChI=1S/C22H16Br2N2O3/c1-12-3-5-20-18(7-12)26-22(29-20)13-4-6-19(28-2)17(9-13)25-11-14-8-15(23)10-16(24)21(14)27/h3-11,27H,1-2H3. The van der Waals surface area contributed by atoms with Crippen molar-refractivity contribution in [3.8, 4) is 23.0 Å². The Hall–Kier alpha value is -2.64. The van der Waals surface area contributed by atoms with Crippen LogP contribution < -0.4 is 4.74 Å². The molecule has 29 heavy (non-hydrogen) atoms. The maximum atomic E-state index is 10.2. The average Bonchev–Trinajstić information content (AvgIpc) is 3.12. The zero-order chi connectivity index (χ0) is 20.5. The van der Waals surface area contributed by atoms with Gasteiger partial charge in [0.05, 0.1) is 11.6 Å². The lowest BCUT2D eigenvalue weighted by Crippen LogP contribution is -1.87. The van der Waals surface area contributed by atoms with E-state index in [-0.39, 0.29) is 5.75 Å². The lowest BCUT2D eigenvalue weighted by Gasteiger charge is -2.07. The molecule has 1 N–H and O–H groups in total. The summed E-state index contributed by atoms with van der Waals surface area (Å²) in [6.45, 7) is 2.02. The van der Waals surface area contributed by atoms with Crippen molar-refractivity contribution in [1.82, 2.24) is 4.98 Å². The number of aromatic hydroxyl groups is 1. The first kappa shape index (κ1) is 19.7. The summed E-state index contributed by atoms with van der Waals surface area (Å²) in [7, 11) is 1.59. The predicted molar refractivity (Wildman–Crippen MR) is 121 cm³/mol. The van der Waals surface area contributed by atoms with Gasteiger partial charge in [0.15, 0.2) is 5.58 Å². The first-order valence-electron chi connectivity index (χ1n) is 8.72. The van der Waals surface area contributed by atoms with Gasteiger partial charge in [-0.05, 0) is 70.9 Å². The van der Waals surface area contributed by atoms with E-state index < -0.39 is 0 Å². The third kappa shape index (κ3) is 4.06. The van der Waals surface area contributed by atoms with Gasteiger partial charge in [-0.15, -0.1) is 0 Å². The summed E-state index contributed by atoms with van der Waals surface area (Å²) in [5.74, 6) is 1.23. The molecule has 0 saturated carbocycles. The summed E-state index contributed by atoms with van der Waals surface area (Å²) in [6, 6.07) is 15.0. The number of benzene rings is 3. The third-order valence-electron chi connectivity index (χ3n) is 4.37. The van der Waals surface area contributed by atoms with E-state index >= 15 is 0 Å². The van der Waals surface area contributed by atoms with Gasteiger partial charge in [-0.1, -0.05) is 22.0 Å². The van der Waals surface area contributed by atoms with E-state index in [0.717, 1.165) is 26.7 Å². The molecule has 0 spiro atoms. The van der Waals surface area contributed by atoms with E-state index in [1.165, 1.54) is 0 Å². The number of phenolic OH excluding ortho intramolecular Hbond substituents is 1. The largest absolute Gasteiger partial charge is 0.506 e. The third-order valence-corrected chi connectivity index (χ3v) is 5.43. The number of rotatable bonds is 4. The number of hydrogen-bond donors (Lipinski definition) is 1. The molecule has 4 aromatic rings. The first-order valence-corrected chi connectivity index (χ1v) is 10.3. The van der Waals surface area contributed by atoms with E-state index in [1.807, 2.05) is 43.3 Å². The second-order valence-electron chi connectivity index (χ2n) is 6.46. The van der Waals surface area contributed by atoms with Gasteiger partial charge >= 0.3 is 0 Å². The van der Waals surface area contributed by atoms with Gasteiger partial charge in [-0.25, -0.2) is 4.98 Å². The van der Waals surface area contributed by atoms with Crippen molar-refractivity contribution in [3.05, 3.63) is 68.6 Å². The minimum absolute atomic E-state index is 0.112. The molecule has 1 aromatic heterocycles. The van der Waals surface area contributed by atoms with E-state index in [0.29, 0.717) is 27.4 Å². The van der Waals surface area contributed by atoms with Gasteiger partial charge in [-0.2, -0.15) is 0 Å². The number of oxazole rings is 1. The van der Waals surface area contributed by atoms with Crippen molar-refractivity contribution in [2.75, 3.05) is 7.11 Å². The second-order valence-corrected chi connectivity index (χ2v) is 8.23. The fourth-order valence-corrected chi connectivity index (χ4v) is 4.17. The molecular formula is C22H16Br2N2O3. The van der Waals surface area contributed by atoms with Crippen molar-refractivity contribution >= 4 is 54.9 Å². The van der Waals surface area contributed by atoms with Gasteiger partial charge in [-0.3, -0.25) is 4.99 Å². The van der Waals surface area contributed by atoms with Gasteiger partial charge in [0.1, 0.15) is 22.7 Å². The second kappa shape index (κ2) is 8.00. The van der Waals surface area contributed by atoms with Crippen molar-refractivity contribution in [2.24, 2.45) is 4.99 Å². The lowest BCUT2D eigenvalue weighted by molar-refractivity contribution is 0.416. The SMILES string of the molecule is COc1ccc(-c2nc3cc(C)ccc3o2)cc1N=Cc1cc(Br)cc(Br)c1O. The topological polar surface area (TPSA) is 67.9 Å². The molecule has 4 rings (SSSR count). The summed E-state index contributed by atoms with van der Waals surface area (Å²) >= 11 is 6.75. The van der Waals surface area contributed by atoms with Crippen LogP contribution in [-0.4, -0.2) is 23.4 Å².